The van der Waals surface area contributed by atoms with Crippen LogP contribution in [0.1, 0.15) is 10.6 Å². The van der Waals surface area contributed by atoms with Gasteiger partial charge in [0.1, 0.15) is 11.5 Å². The van der Waals surface area contributed by atoms with E-state index >= 15 is 0 Å². The van der Waals surface area contributed by atoms with Gasteiger partial charge < -0.3 is 0 Å². The first-order chi connectivity index (χ1) is 9.33. The Morgan fingerprint density at radius 2 is 2.00 bits per heavy atom. The molecule has 2 aromatic heterocycles. The molecule has 0 amide bonds. The number of nitrogens with zero attached hydrogens (tertiary/aromatic N) is 3. The topological polar surface area (TPSA) is 38.7 Å². The van der Waals surface area contributed by atoms with Gasteiger partial charge in [-0.2, -0.15) is 0 Å². The molecule has 0 N–H and O–H groups in total. The minimum absolute atomic E-state index is 0.492. The fraction of sp³-hybridized carbons (Fsp3) is 0.0714. The van der Waals surface area contributed by atoms with Crippen molar-refractivity contribution in [2.24, 2.45) is 0 Å². The Labute approximate surface area is 120 Å². The van der Waals surface area contributed by atoms with Crippen LogP contribution in [-0.4, -0.2) is 15.0 Å². The highest BCUT2D eigenvalue weighted by Crippen LogP contribution is 2.24. The van der Waals surface area contributed by atoms with Crippen molar-refractivity contribution in [1.29, 1.82) is 0 Å². The van der Waals surface area contributed by atoms with Crippen LogP contribution in [0, 0.1) is 0 Å². The lowest BCUT2D eigenvalue weighted by Gasteiger charge is -1.99. The standard InChI is InChI=1S/C14H10ClN3S/c15-14-11(7-16-9-17-14)6-13-18-12(8-19-13)10-4-2-1-3-5-10/h1-5,7-9H,6H2. The molecule has 2 heterocycles. The van der Waals surface area contributed by atoms with Crippen LogP contribution >= 0.6 is 22.9 Å². The molecule has 5 heteroatoms. The highest BCUT2D eigenvalue weighted by atomic mass is 35.5. The van der Waals surface area contributed by atoms with Gasteiger partial charge in [-0.05, 0) is 0 Å². The maximum atomic E-state index is 6.02. The van der Waals surface area contributed by atoms with E-state index < -0.39 is 0 Å². The number of rotatable bonds is 3. The fourth-order valence-electron chi connectivity index (χ4n) is 1.76. The number of benzene rings is 1. The first kappa shape index (κ1) is 12.3. The summed E-state index contributed by atoms with van der Waals surface area (Å²) in [7, 11) is 0. The van der Waals surface area contributed by atoms with Crippen LogP contribution in [0.15, 0.2) is 48.2 Å². The molecule has 0 atom stereocenters. The number of thiazole rings is 1. The van der Waals surface area contributed by atoms with Crippen molar-refractivity contribution in [3.63, 3.8) is 0 Å². The van der Waals surface area contributed by atoms with Crippen LogP contribution in [0.2, 0.25) is 5.15 Å². The average Bonchev–Trinajstić information content (AvgIpc) is 2.91. The molecule has 3 nitrogen and oxygen atoms in total. The molecule has 3 aromatic rings. The molecule has 0 saturated heterocycles. The van der Waals surface area contributed by atoms with Crippen molar-refractivity contribution in [1.82, 2.24) is 15.0 Å². The minimum Gasteiger partial charge on any atom is -0.244 e. The summed E-state index contributed by atoms with van der Waals surface area (Å²) in [5, 5.41) is 3.56. The van der Waals surface area contributed by atoms with E-state index in [1.807, 2.05) is 18.2 Å². The maximum absolute atomic E-state index is 6.02. The molecule has 0 aliphatic heterocycles. The van der Waals surface area contributed by atoms with Gasteiger partial charge in [-0.25, -0.2) is 15.0 Å². The molecule has 1 aromatic carbocycles. The average molecular weight is 288 g/mol. The van der Waals surface area contributed by atoms with Crippen molar-refractivity contribution in [3.05, 3.63) is 64.0 Å². The summed E-state index contributed by atoms with van der Waals surface area (Å²) < 4.78 is 0. The molecule has 0 fully saturated rings. The lowest BCUT2D eigenvalue weighted by atomic mass is 10.2. The molecule has 0 saturated carbocycles. The largest absolute Gasteiger partial charge is 0.244 e. The van der Waals surface area contributed by atoms with Crippen molar-refractivity contribution < 1.29 is 0 Å². The van der Waals surface area contributed by atoms with Gasteiger partial charge >= 0.3 is 0 Å². The molecular weight excluding hydrogens is 278 g/mol. The van der Waals surface area contributed by atoms with Gasteiger partial charge in [0.25, 0.3) is 0 Å². The lowest BCUT2D eigenvalue weighted by Crippen LogP contribution is -1.92. The summed E-state index contributed by atoms with van der Waals surface area (Å²) in [5.74, 6) is 0. The third-order valence-electron chi connectivity index (χ3n) is 2.70. The zero-order chi connectivity index (χ0) is 13.1. The fourth-order valence-corrected chi connectivity index (χ4v) is 2.74. The summed E-state index contributed by atoms with van der Waals surface area (Å²) >= 11 is 7.65. The van der Waals surface area contributed by atoms with E-state index in [0.717, 1.165) is 21.8 Å². The molecular formula is C14H10ClN3S. The Morgan fingerprint density at radius 3 is 2.79 bits per heavy atom. The van der Waals surface area contributed by atoms with Gasteiger partial charge in [-0.15, -0.1) is 11.3 Å². The van der Waals surface area contributed by atoms with E-state index in [2.05, 4.69) is 32.5 Å². The smallest absolute Gasteiger partial charge is 0.136 e. The Morgan fingerprint density at radius 1 is 1.16 bits per heavy atom. The summed E-state index contributed by atoms with van der Waals surface area (Å²) in [6.45, 7) is 0. The molecule has 3 rings (SSSR count). The number of halogens is 1. The van der Waals surface area contributed by atoms with Crippen LogP contribution in [0.25, 0.3) is 11.3 Å². The molecule has 94 valence electrons. The Hall–Kier alpha value is -1.78. The molecule has 0 radical (unpaired) electrons. The number of aromatic nitrogens is 3. The summed E-state index contributed by atoms with van der Waals surface area (Å²) in [5.41, 5.74) is 3.02. The van der Waals surface area contributed by atoms with Crippen molar-refractivity contribution in [3.8, 4) is 11.3 Å². The van der Waals surface area contributed by atoms with Crippen LogP contribution < -0.4 is 0 Å². The van der Waals surface area contributed by atoms with E-state index in [9.17, 15) is 0 Å². The van der Waals surface area contributed by atoms with Gasteiger partial charge in [0.2, 0.25) is 0 Å². The van der Waals surface area contributed by atoms with Crippen molar-refractivity contribution >= 4 is 22.9 Å². The highest BCUT2D eigenvalue weighted by Gasteiger charge is 2.08. The second-order valence-corrected chi connectivity index (χ2v) is 5.31. The van der Waals surface area contributed by atoms with Crippen LogP contribution in [0.4, 0.5) is 0 Å². The monoisotopic (exact) mass is 287 g/mol. The Balaban J connectivity index is 1.85. The predicted octanol–water partition coefficient (Wildman–Crippen LogP) is 3.84. The third kappa shape index (κ3) is 2.80. The van der Waals surface area contributed by atoms with Crippen LogP contribution in [0.3, 0.4) is 0 Å². The molecule has 0 aliphatic rings. The normalized spacial score (nSPS) is 10.6. The Bertz CT molecular complexity index is 682. The predicted molar refractivity (Wildman–Crippen MR) is 77.4 cm³/mol. The molecule has 19 heavy (non-hydrogen) atoms. The van der Waals surface area contributed by atoms with Gasteiger partial charge in [0, 0.05) is 29.1 Å². The summed E-state index contributed by atoms with van der Waals surface area (Å²) in [4.78, 5) is 12.6. The van der Waals surface area contributed by atoms with E-state index in [1.165, 1.54) is 6.33 Å². The molecule has 0 unspecified atom stereocenters. The van der Waals surface area contributed by atoms with Crippen LogP contribution in [0.5, 0.6) is 0 Å². The van der Waals surface area contributed by atoms with Gasteiger partial charge in [0.05, 0.1) is 10.7 Å². The molecule has 0 spiro atoms. The highest BCUT2D eigenvalue weighted by molar-refractivity contribution is 7.10. The number of hydrogen-bond donors (Lipinski definition) is 0. The zero-order valence-corrected chi connectivity index (χ0v) is 11.5. The van der Waals surface area contributed by atoms with E-state index in [4.69, 9.17) is 11.6 Å². The molecule has 0 aliphatic carbocycles. The van der Waals surface area contributed by atoms with Crippen molar-refractivity contribution in [2.75, 3.05) is 0 Å². The second kappa shape index (κ2) is 5.47. The quantitative estimate of drug-likeness (QED) is 0.687. The minimum atomic E-state index is 0.492. The zero-order valence-electron chi connectivity index (χ0n) is 9.95. The van der Waals surface area contributed by atoms with Gasteiger partial charge in [-0.1, -0.05) is 41.9 Å². The first-order valence-corrected chi connectivity index (χ1v) is 7.03. The second-order valence-electron chi connectivity index (χ2n) is 4.01. The van der Waals surface area contributed by atoms with E-state index in [1.54, 1.807) is 17.5 Å². The lowest BCUT2D eigenvalue weighted by molar-refractivity contribution is 1.06. The summed E-state index contributed by atoms with van der Waals surface area (Å²) in [6, 6.07) is 10.1. The van der Waals surface area contributed by atoms with Crippen molar-refractivity contribution in [2.45, 2.75) is 6.42 Å². The van der Waals surface area contributed by atoms with E-state index in [-0.39, 0.29) is 0 Å². The summed E-state index contributed by atoms with van der Waals surface area (Å²) in [6.07, 6.45) is 3.85. The maximum Gasteiger partial charge on any atom is 0.136 e. The van der Waals surface area contributed by atoms with Crippen LogP contribution in [-0.2, 0) is 6.42 Å². The first-order valence-electron chi connectivity index (χ1n) is 5.77. The SMILES string of the molecule is Clc1ncncc1Cc1nc(-c2ccccc2)cs1. The van der Waals surface area contributed by atoms with E-state index in [0.29, 0.717) is 11.6 Å². The number of hydrogen-bond acceptors (Lipinski definition) is 4. The molecule has 0 bridgehead atoms. The van der Waals surface area contributed by atoms with Gasteiger partial charge in [0.15, 0.2) is 0 Å². The van der Waals surface area contributed by atoms with Gasteiger partial charge in [-0.3, -0.25) is 0 Å². The Kier molecular flexibility index (Phi) is 3.53. The third-order valence-corrected chi connectivity index (χ3v) is 3.89.